The summed E-state index contributed by atoms with van der Waals surface area (Å²) in [5.74, 6) is 1.11. The summed E-state index contributed by atoms with van der Waals surface area (Å²) >= 11 is 8.56. The number of thioether (sulfide) groups is 1. The van der Waals surface area contributed by atoms with Crippen LogP contribution in [-0.2, 0) is 20.9 Å². The fraction of sp³-hybridized carbons (Fsp3) is 1.00. The predicted molar refractivity (Wildman–Crippen MR) is 58.9 cm³/mol. The van der Waals surface area contributed by atoms with Crippen LogP contribution in [0.2, 0.25) is 0 Å². The second-order valence-electron chi connectivity index (χ2n) is 1.55. The second-order valence-corrected chi connectivity index (χ2v) is 9.72. The molecular weight excluding hydrogens is 219 g/mol. The van der Waals surface area contributed by atoms with Crippen LogP contribution in [0.4, 0.5) is 0 Å². The molecule has 0 spiro atoms. The highest BCUT2D eigenvalue weighted by atomic mass is 32.9. The first-order chi connectivity index (χ1) is 5.18. The van der Waals surface area contributed by atoms with Crippen LogP contribution in [-0.4, -0.2) is 25.1 Å². The Morgan fingerprint density at radius 3 is 2.27 bits per heavy atom. The molecule has 0 amide bonds. The maximum absolute atomic E-state index is 5.13. The average molecular weight is 232 g/mol. The summed E-state index contributed by atoms with van der Waals surface area (Å²) in [7, 11) is 3.21. The molecule has 0 bridgehead atoms. The molecule has 0 aliphatic heterocycles. The largest absolute Gasteiger partial charge is 0.325 e. The van der Waals surface area contributed by atoms with Crippen molar-refractivity contribution in [3.63, 3.8) is 0 Å². The van der Waals surface area contributed by atoms with Gasteiger partial charge in [0.15, 0.2) is 0 Å². The number of hydrogen-bond acceptors (Lipinski definition) is 5. The summed E-state index contributed by atoms with van der Waals surface area (Å²) in [6, 6.07) is 0. The zero-order valence-corrected chi connectivity index (χ0v) is 10.2. The molecule has 0 rings (SSSR count). The maximum atomic E-state index is 5.13. The molecule has 0 radical (unpaired) electrons. The van der Waals surface area contributed by atoms with Gasteiger partial charge in [0.1, 0.15) is 0 Å². The molecule has 0 unspecified atom stereocenters. The van der Waals surface area contributed by atoms with Crippen LogP contribution >= 0.6 is 28.8 Å². The van der Waals surface area contributed by atoms with Gasteiger partial charge in [-0.15, -0.1) is 0 Å². The average Bonchev–Trinajstić information content (AvgIpc) is 2.05. The fourth-order valence-corrected chi connectivity index (χ4v) is 5.83. The fourth-order valence-electron chi connectivity index (χ4n) is 0.365. The third-order valence-electron chi connectivity index (χ3n) is 0.945. The Bertz CT molecular complexity index is 134. The predicted octanol–water partition coefficient (Wildman–Crippen LogP) is 2.95. The summed E-state index contributed by atoms with van der Waals surface area (Å²) in [4.78, 5) is 0. The zero-order valence-electron chi connectivity index (χ0n) is 6.90. The van der Waals surface area contributed by atoms with Gasteiger partial charge in [0.05, 0.1) is 0 Å². The van der Waals surface area contributed by atoms with Gasteiger partial charge in [-0.3, -0.25) is 0 Å². The van der Waals surface area contributed by atoms with E-state index in [9.17, 15) is 0 Å². The van der Waals surface area contributed by atoms with E-state index in [0.717, 1.165) is 10.8 Å². The molecule has 0 heterocycles. The topological polar surface area (TPSA) is 18.5 Å². The van der Waals surface area contributed by atoms with Gasteiger partial charge in [-0.2, -0.15) is 11.8 Å². The minimum Gasteiger partial charge on any atom is -0.325 e. The van der Waals surface area contributed by atoms with Crippen molar-refractivity contribution in [2.24, 2.45) is 0 Å². The van der Waals surface area contributed by atoms with E-state index in [0.29, 0.717) is 0 Å². The Hall–Kier alpha value is 1.27. The van der Waals surface area contributed by atoms with Gasteiger partial charge in [0, 0.05) is 19.3 Å². The second kappa shape index (κ2) is 6.75. The van der Waals surface area contributed by atoms with Crippen molar-refractivity contribution < 1.29 is 9.05 Å². The van der Waals surface area contributed by atoms with Gasteiger partial charge < -0.3 is 9.05 Å². The molecule has 0 aliphatic rings. The van der Waals surface area contributed by atoms with Crippen molar-refractivity contribution in [3.05, 3.63) is 0 Å². The van der Waals surface area contributed by atoms with E-state index in [1.54, 1.807) is 25.6 Å². The van der Waals surface area contributed by atoms with Gasteiger partial charge in [-0.1, -0.05) is 18.3 Å². The summed E-state index contributed by atoms with van der Waals surface area (Å²) in [6.45, 7) is 2.12. The van der Waals surface area contributed by atoms with Gasteiger partial charge in [-0.05, 0) is 17.6 Å². The number of hydrogen-bond donors (Lipinski definition) is 0. The summed E-state index contributed by atoms with van der Waals surface area (Å²) in [6.07, 6.45) is 0. The van der Waals surface area contributed by atoms with Crippen LogP contribution in [0, 0.1) is 0 Å². The molecule has 0 N–H and O–H groups in total. The van der Waals surface area contributed by atoms with Crippen molar-refractivity contribution >= 4 is 40.6 Å². The molecule has 0 aromatic heterocycles. The third-order valence-corrected chi connectivity index (χ3v) is 8.29. The van der Waals surface area contributed by atoms with Gasteiger partial charge in [0.25, 0.3) is 0 Å². The minimum atomic E-state index is -1.98. The highest BCUT2D eigenvalue weighted by molar-refractivity contribution is 8.69. The first kappa shape index (κ1) is 12.3. The van der Waals surface area contributed by atoms with Gasteiger partial charge in [-0.25, -0.2) is 0 Å². The lowest BCUT2D eigenvalue weighted by molar-refractivity contribution is 0.354. The lowest BCUT2D eigenvalue weighted by Gasteiger charge is -2.15. The van der Waals surface area contributed by atoms with Crippen molar-refractivity contribution in [2.75, 3.05) is 25.1 Å². The van der Waals surface area contributed by atoms with Crippen molar-refractivity contribution in [2.45, 2.75) is 6.92 Å². The summed E-state index contributed by atoms with van der Waals surface area (Å²) in [5.41, 5.74) is -1.98. The maximum Gasteiger partial charge on any atom is 0.247 e. The zero-order chi connectivity index (χ0) is 8.74. The highest BCUT2D eigenvalue weighted by Gasteiger charge is 2.14. The summed E-state index contributed by atoms with van der Waals surface area (Å²) < 4.78 is 10.2. The summed E-state index contributed by atoms with van der Waals surface area (Å²) in [5, 5.41) is 0.954. The van der Waals surface area contributed by atoms with E-state index in [2.05, 4.69) is 6.92 Å². The molecular formula is C5H13O2PS3. The lowest BCUT2D eigenvalue weighted by Crippen LogP contribution is -1.83. The number of rotatable bonds is 6. The molecule has 0 fully saturated rings. The molecule has 0 aliphatic carbocycles. The van der Waals surface area contributed by atoms with Crippen molar-refractivity contribution in [1.29, 1.82) is 0 Å². The smallest absolute Gasteiger partial charge is 0.247 e. The van der Waals surface area contributed by atoms with Crippen LogP contribution in [0.25, 0.3) is 0 Å². The quantitative estimate of drug-likeness (QED) is 0.397. The lowest BCUT2D eigenvalue weighted by atomic mass is 11.0. The Kier molecular flexibility index (Phi) is 7.53. The van der Waals surface area contributed by atoms with E-state index in [1.165, 1.54) is 0 Å². The molecule has 11 heavy (non-hydrogen) atoms. The van der Waals surface area contributed by atoms with E-state index in [4.69, 9.17) is 20.9 Å². The van der Waals surface area contributed by atoms with Crippen molar-refractivity contribution in [1.82, 2.24) is 0 Å². The first-order valence-corrected chi connectivity index (χ1v) is 8.50. The molecule has 6 heteroatoms. The van der Waals surface area contributed by atoms with Gasteiger partial charge >= 0.3 is 0 Å². The molecule has 0 atom stereocenters. The van der Waals surface area contributed by atoms with E-state index >= 15 is 0 Å². The molecule has 0 aromatic carbocycles. The highest BCUT2D eigenvalue weighted by Crippen LogP contribution is 2.60. The van der Waals surface area contributed by atoms with Crippen LogP contribution in [0.3, 0.4) is 0 Å². The van der Waals surface area contributed by atoms with Crippen LogP contribution in [0.1, 0.15) is 6.92 Å². The van der Waals surface area contributed by atoms with Gasteiger partial charge in [0.2, 0.25) is 5.69 Å². The Morgan fingerprint density at radius 1 is 1.36 bits per heavy atom. The monoisotopic (exact) mass is 232 g/mol. The first-order valence-electron chi connectivity index (χ1n) is 3.12. The van der Waals surface area contributed by atoms with Crippen molar-refractivity contribution in [3.8, 4) is 0 Å². The Balaban J connectivity index is 3.61. The SMILES string of the molecule is CCSCSP(=S)(OC)OC. The molecule has 0 aromatic rings. The molecule has 68 valence electrons. The molecule has 0 saturated carbocycles. The third kappa shape index (κ3) is 5.50. The van der Waals surface area contributed by atoms with E-state index in [1.807, 2.05) is 11.8 Å². The van der Waals surface area contributed by atoms with Crippen LogP contribution in [0.5, 0.6) is 0 Å². The molecule has 2 nitrogen and oxygen atoms in total. The van der Waals surface area contributed by atoms with Crippen LogP contribution < -0.4 is 0 Å². The minimum absolute atomic E-state index is 0.954. The normalized spacial score (nSPS) is 11.9. The Morgan fingerprint density at radius 2 is 1.91 bits per heavy atom. The molecule has 0 saturated heterocycles. The van der Waals surface area contributed by atoms with E-state index < -0.39 is 5.69 Å². The van der Waals surface area contributed by atoms with E-state index in [-0.39, 0.29) is 0 Å². The van der Waals surface area contributed by atoms with Crippen LogP contribution in [0.15, 0.2) is 0 Å². The standard InChI is InChI=1S/C5H13O2PS3/c1-4-10-5-11-8(9,6-2)7-3/h4-5H2,1-3H3. The Labute approximate surface area is 81.7 Å².